The van der Waals surface area contributed by atoms with Crippen LogP contribution in [0.15, 0.2) is 48.5 Å². The van der Waals surface area contributed by atoms with Crippen LogP contribution in [-0.4, -0.2) is 41.3 Å². The van der Waals surface area contributed by atoms with Gasteiger partial charge in [-0.1, -0.05) is 68.8 Å². The Morgan fingerprint density at radius 3 is 2.09 bits per heavy atom. The molecule has 3 N–H and O–H groups in total. The molecule has 186 valence electrons. The third kappa shape index (κ3) is 5.04. The molecule has 2 amide bonds. The number of ether oxygens (including phenoxy) is 1. The van der Waals surface area contributed by atoms with Crippen molar-refractivity contribution in [2.45, 2.75) is 69.9 Å². The first-order chi connectivity index (χ1) is 16.9. The highest BCUT2D eigenvalue weighted by Gasteiger charge is 2.44. The molecule has 0 aromatic heterocycles. The van der Waals surface area contributed by atoms with E-state index in [0.29, 0.717) is 25.2 Å². The van der Waals surface area contributed by atoms with E-state index < -0.39 is 29.6 Å². The van der Waals surface area contributed by atoms with Gasteiger partial charge in [0.1, 0.15) is 18.2 Å². The van der Waals surface area contributed by atoms with Gasteiger partial charge in [-0.05, 0) is 60.3 Å². The van der Waals surface area contributed by atoms with E-state index in [-0.39, 0.29) is 12.5 Å². The number of aliphatic carboxylic acids is 1. The fourth-order valence-electron chi connectivity index (χ4n) is 5.43. The minimum absolute atomic E-state index is 0.0777. The number of hydrogen-bond donors (Lipinski definition) is 3. The monoisotopic (exact) mass is 478 g/mol. The molecule has 2 aromatic carbocycles. The van der Waals surface area contributed by atoms with E-state index in [4.69, 9.17) is 4.74 Å². The van der Waals surface area contributed by atoms with Crippen LogP contribution < -0.4 is 10.6 Å². The summed E-state index contributed by atoms with van der Waals surface area (Å²) >= 11 is 0. The average Bonchev–Trinajstić information content (AvgIpc) is 3.20. The smallest absolute Gasteiger partial charge is 0.407 e. The van der Waals surface area contributed by atoms with Gasteiger partial charge in [-0.15, -0.1) is 0 Å². The summed E-state index contributed by atoms with van der Waals surface area (Å²) in [7, 11) is 0. The largest absolute Gasteiger partial charge is 0.480 e. The molecule has 2 aliphatic rings. The second kappa shape index (κ2) is 10.5. The van der Waals surface area contributed by atoms with Crippen LogP contribution in [0.2, 0.25) is 0 Å². The Hall–Kier alpha value is -3.35. The summed E-state index contributed by atoms with van der Waals surface area (Å²) < 4.78 is 5.57. The van der Waals surface area contributed by atoms with E-state index in [1.54, 1.807) is 6.92 Å². The molecule has 2 aliphatic carbocycles. The zero-order chi connectivity index (χ0) is 25.0. The summed E-state index contributed by atoms with van der Waals surface area (Å²) in [4.78, 5) is 37.7. The van der Waals surface area contributed by atoms with E-state index in [1.165, 1.54) is 0 Å². The lowest BCUT2D eigenvalue weighted by Gasteiger charge is -2.38. The highest BCUT2D eigenvalue weighted by Crippen LogP contribution is 2.44. The number of alkyl carbamates (subject to hydrolysis) is 1. The van der Waals surface area contributed by atoms with Crippen molar-refractivity contribution in [3.63, 3.8) is 0 Å². The van der Waals surface area contributed by atoms with Crippen LogP contribution in [0.1, 0.15) is 69.4 Å². The Morgan fingerprint density at radius 2 is 1.57 bits per heavy atom. The van der Waals surface area contributed by atoms with Gasteiger partial charge in [-0.2, -0.15) is 0 Å². The third-order valence-corrected chi connectivity index (χ3v) is 7.67. The molecule has 0 saturated heterocycles. The fourth-order valence-corrected chi connectivity index (χ4v) is 5.43. The lowest BCUT2D eigenvalue weighted by atomic mass is 9.75. The van der Waals surface area contributed by atoms with Gasteiger partial charge in [0.15, 0.2) is 0 Å². The van der Waals surface area contributed by atoms with E-state index in [0.717, 1.165) is 41.5 Å². The standard InChI is InChI=1S/C28H34N2O5/c1-3-18-13-15-28(16-14-18,26(32)33)30-25(31)24(4-2)29-27(34)35-17-23-21-11-7-5-9-19(21)20-10-6-8-12-22(20)23/h5-12,18,23-24H,3-4,13-17H2,1-2H3,(H,29,34)(H,30,31)(H,32,33). The number of carbonyl (C=O) groups is 3. The van der Waals surface area contributed by atoms with Gasteiger partial charge in [-0.3, -0.25) is 4.79 Å². The van der Waals surface area contributed by atoms with Gasteiger partial charge in [0, 0.05) is 5.92 Å². The maximum Gasteiger partial charge on any atom is 0.407 e. The molecule has 0 radical (unpaired) electrons. The van der Waals surface area contributed by atoms with Crippen molar-refractivity contribution in [2.75, 3.05) is 6.61 Å². The normalized spacial score (nSPS) is 21.9. The van der Waals surface area contributed by atoms with Crippen LogP contribution in [-0.2, 0) is 14.3 Å². The number of rotatable bonds is 8. The summed E-state index contributed by atoms with van der Waals surface area (Å²) in [5.41, 5.74) is 3.22. The van der Waals surface area contributed by atoms with Crippen LogP contribution in [0.5, 0.6) is 0 Å². The molecule has 0 aliphatic heterocycles. The third-order valence-electron chi connectivity index (χ3n) is 7.67. The topological polar surface area (TPSA) is 105 Å². The first-order valence-corrected chi connectivity index (χ1v) is 12.6. The minimum atomic E-state index is -1.28. The molecule has 1 fully saturated rings. The molecule has 1 saturated carbocycles. The Morgan fingerprint density at radius 1 is 1.00 bits per heavy atom. The van der Waals surface area contributed by atoms with Crippen molar-refractivity contribution >= 4 is 18.0 Å². The number of nitrogens with one attached hydrogen (secondary N) is 2. The van der Waals surface area contributed by atoms with Gasteiger partial charge in [-0.25, -0.2) is 9.59 Å². The summed E-state index contributed by atoms with van der Waals surface area (Å²) in [5.74, 6) is -1.10. The molecule has 7 heteroatoms. The summed E-state index contributed by atoms with van der Waals surface area (Å²) in [6.45, 7) is 4.02. The van der Waals surface area contributed by atoms with Crippen molar-refractivity contribution in [1.82, 2.24) is 10.6 Å². The van der Waals surface area contributed by atoms with Crippen molar-refractivity contribution in [1.29, 1.82) is 0 Å². The summed E-state index contributed by atoms with van der Waals surface area (Å²) in [5, 5.41) is 15.3. The number of hydrogen-bond acceptors (Lipinski definition) is 4. The molecule has 1 unspecified atom stereocenters. The molecule has 0 heterocycles. The maximum absolute atomic E-state index is 13.0. The second-order valence-electron chi connectivity index (χ2n) is 9.66. The summed E-state index contributed by atoms with van der Waals surface area (Å²) in [6.07, 6.45) is 2.96. The van der Waals surface area contributed by atoms with Gasteiger partial charge in [0.2, 0.25) is 5.91 Å². The molecular weight excluding hydrogens is 444 g/mol. The minimum Gasteiger partial charge on any atom is -0.480 e. The first-order valence-electron chi connectivity index (χ1n) is 12.6. The number of carboxylic acids is 1. The summed E-state index contributed by atoms with van der Waals surface area (Å²) in [6, 6.07) is 15.3. The SMILES string of the molecule is CCC1CCC(NC(=O)C(CC)NC(=O)OCC2c3ccccc3-c3ccccc32)(C(=O)O)CC1. The number of fused-ring (bicyclic) bond motifs is 3. The van der Waals surface area contributed by atoms with E-state index in [2.05, 4.69) is 29.7 Å². The Balaban J connectivity index is 1.38. The van der Waals surface area contributed by atoms with Crippen LogP contribution in [0, 0.1) is 5.92 Å². The van der Waals surface area contributed by atoms with Gasteiger partial charge >= 0.3 is 12.1 Å². The van der Waals surface area contributed by atoms with Crippen molar-refractivity contribution in [3.8, 4) is 11.1 Å². The number of carbonyl (C=O) groups excluding carboxylic acids is 2. The molecular formula is C28H34N2O5. The zero-order valence-corrected chi connectivity index (χ0v) is 20.4. The Bertz CT molecular complexity index is 1040. The van der Waals surface area contributed by atoms with E-state index in [9.17, 15) is 19.5 Å². The van der Waals surface area contributed by atoms with Gasteiger partial charge in [0.05, 0.1) is 0 Å². The lowest BCUT2D eigenvalue weighted by Crippen LogP contribution is -2.60. The predicted molar refractivity (Wildman–Crippen MR) is 133 cm³/mol. The average molecular weight is 479 g/mol. The van der Waals surface area contributed by atoms with Crippen LogP contribution in [0.25, 0.3) is 11.1 Å². The molecule has 0 bridgehead atoms. The highest BCUT2D eigenvalue weighted by atomic mass is 16.5. The van der Waals surface area contributed by atoms with Gasteiger partial charge < -0.3 is 20.5 Å². The second-order valence-corrected chi connectivity index (χ2v) is 9.66. The van der Waals surface area contributed by atoms with E-state index >= 15 is 0 Å². The molecule has 2 aromatic rings. The van der Waals surface area contributed by atoms with Crippen molar-refractivity contribution in [3.05, 3.63) is 59.7 Å². The fraction of sp³-hybridized carbons (Fsp3) is 0.464. The lowest BCUT2D eigenvalue weighted by molar-refractivity contribution is -0.150. The number of benzene rings is 2. The molecule has 35 heavy (non-hydrogen) atoms. The molecule has 0 spiro atoms. The first kappa shape index (κ1) is 24.8. The maximum atomic E-state index is 13.0. The zero-order valence-electron chi connectivity index (χ0n) is 20.4. The van der Waals surface area contributed by atoms with Gasteiger partial charge in [0.25, 0.3) is 0 Å². The number of amides is 2. The molecule has 1 atom stereocenters. The van der Waals surface area contributed by atoms with Crippen LogP contribution in [0.3, 0.4) is 0 Å². The molecule has 7 nitrogen and oxygen atoms in total. The predicted octanol–water partition coefficient (Wildman–Crippen LogP) is 4.84. The van der Waals surface area contributed by atoms with Crippen molar-refractivity contribution < 1.29 is 24.2 Å². The van der Waals surface area contributed by atoms with E-state index in [1.807, 2.05) is 36.4 Å². The Labute approximate surface area is 206 Å². The quantitative estimate of drug-likeness (QED) is 0.503. The van der Waals surface area contributed by atoms with Crippen LogP contribution in [0.4, 0.5) is 4.79 Å². The number of carboxylic acid groups (broad SMARTS) is 1. The van der Waals surface area contributed by atoms with Crippen LogP contribution >= 0.6 is 0 Å². The molecule has 4 rings (SSSR count). The highest BCUT2D eigenvalue weighted by molar-refractivity contribution is 5.91. The Kier molecular flexibility index (Phi) is 7.43. The van der Waals surface area contributed by atoms with Crippen molar-refractivity contribution in [2.24, 2.45) is 5.92 Å².